The highest BCUT2D eigenvalue weighted by Gasteiger charge is 2.36. The molecule has 0 aromatic rings. The normalized spacial score (nSPS) is 15.9. The maximum atomic E-state index is 12.3. The Labute approximate surface area is 89.6 Å². The van der Waals surface area contributed by atoms with Crippen LogP contribution in [0.2, 0.25) is 0 Å². The minimum Gasteiger partial charge on any atom is -0.166 e. The van der Waals surface area contributed by atoms with Gasteiger partial charge in [-0.05, 0) is 18.9 Å². The Morgan fingerprint density at radius 3 is 1.62 bits per heavy atom. The van der Waals surface area contributed by atoms with Crippen LogP contribution in [-0.2, 0) is 0 Å². The predicted octanol–water partition coefficient (Wildman–Crippen LogP) is 4.64. The summed E-state index contributed by atoms with van der Waals surface area (Å²) in [4.78, 5) is 0. The first-order valence-corrected chi connectivity index (χ1v) is 4.49. The van der Waals surface area contributed by atoms with E-state index in [0.717, 1.165) is 6.08 Å². The molecule has 0 aliphatic rings. The minimum atomic E-state index is -4.77. The fourth-order valence-corrected chi connectivity index (χ4v) is 0.899. The number of hydrogen-bond donors (Lipinski definition) is 0. The summed E-state index contributed by atoms with van der Waals surface area (Å²) in [7, 11) is 0. The molecule has 0 saturated carbocycles. The summed E-state index contributed by atoms with van der Waals surface area (Å²) in [6.07, 6.45) is -8.62. The smallest absolute Gasteiger partial charge is 0.166 e. The van der Waals surface area contributed by atoms with E-state index in [4.69, 9.17) is 0 Å². The highest BCUT2D eigenvalue weighted by molar-refractivity contribution is 5.29. The highest BCUT2D eigenvalue weighted by Crippen LogP contribution is 2.32. The quantitative estimate of drug-likeness (QED) is 0.492. The van der Waals surface area contributed by atoms with Crippen molar-refractivity contribution in [1.29, 1.82) is 0 Å². The van der Waals surface area contributed by atoms with Crippen molar-refractivity contribution in [2.45, 2.75) is 33.1 Å². The molecule has 0 fully saturated rings. The van der Waals surface area contributed by atoms with Gasteiger partial charge in [0, 0.05) is 5.57 Å². The maximum Gasteiger partial charge on any atom is 0.416 e. The molecular formula is C10H12F6. The Hall–Kier alpha value is -0.940. The number of allylic oxidation sites excluding steroid dienone is 4. The molecule has 6 heteroatoms. The van der Waals surface area contributed by atoms with E-state index in [1.165, 1.54) is 13.8 Å². The molecule has 0 bridgehead atoms. The first-order chi connectivity index (χ1) is 6.94. The van der Waals surface area contributed by atoms with E-state index in [9.17, 15) is 26.3 Å². The molecule has 0 atom stereocenters. The van der Waals surface area contributed by atoms with Crippen molar-refractivity contribution in [3.05, 3.63) is 23.3 Å². The Morgan fingerprint density at radius 2 is 1.38 bits per heavy atom. The molecule has 94 valence electrons. The van der Waals surface area contributed by atoms with Crippen LogP contribution in [0.5, 0.6) is 0 Å². The molecule has 0 amide bonds. The van der Waals surface area contributed by atoms with Gasteiger partial charge in [-0.1, -0.05) is 19.9 Å². The third-order valence-corrected chi connectivity index (χ3v) is 1.66. The minimum absolute atomic E-state index is 0.125. The molecule has 0 aliphatic heterocycles. The van der Waals surface area contributed by atoms with E-state index in [2.05, 4.69) is 0 Å². The lowest BCUT2D eigenvalue weighted by Gasteiger charge is -2.12. The number of alkyl halides is 6. The van der Waals surface area contributed by atoms with Gasteiger partial charge in [-0.25, -0.2) is 0 Å². The molecular weight excluding hydrogens is 234 g/mol. The van der Waals surface area contributed by atoms with Crippen molar-refractivity contribution >= 4 is 0 Å². The Bertz CT molecular complexity index is 289. The Kier molecular flexibility index (Phi) is 4.64. The van der Waals surface area contributed by atoms with Crippen molar-refractivity contribution in [3.63, 3.8) is 0 Å². The SMILES string of the molecule is CC(=CC(=CC(C)C)C(F)(F)F)C(F)(F)F. The molecule has 0 heterocycles. The van der Waals surface area contributed by atoms with E-state index in [-0.39, 0.29) is 6.08 Å². The highest BCUT2D eigenvalue weighted by atomic mass is 19.4. The van der Waals surface area contributed by atoms with E-state index >= 15 is 0 Å². The number of halogens is 6. The van der Waals surface area contributed by atoms with Crippen molar-refractivity contribution < 1.29 is 26.3 Å². The first kappa shape index (κ1) is 15.1. The van der Waals surface area contributed by atoms with E-state index in [0.29, 0.717) is 6.92 Å². The molecule has 0 unspecified atom stereocenters. The van der Waals surface area contributed by atoms with Crippen molar-refractivity contribution in [1.82, 2.24) is 0 Å². The molecule has 0 aromatic heterocycles. The maximum absolute atomic E-state index is 12.3. The lowest BCUT2D eigenvalue weighted by atomic mass is 10.1. The van der Waals surface area contributed by atoms with Gasteiger partial charge < -0.3 is 0 Å². The van der Waals surface area contributed by atoms with Gasteiger partial charge >= 0.3 is 12.4 Å². The molecule has 0 nitrogen and oxygen atoms in total. The van der Waals surface area contributed by atoms with Gasteiger partial charge in [0.15, 0.2) is 0 Å². The summed E-state index contributed by atoms with van der Waals surface area (Å²) >= 11 is 0. The molecule has 0 aromatic carbocycles. The molecule has 0 aliphatic carbocycles. The van der Waals surface area contributed by atoms with E-state index in [1.807, 2.05) is 0 Å². The molecule has 0 radical (unpaired) electrons. The van der Waals surface area contributed by atoms with Crippen molar-refractivity contribution in [3.8, 4) is 0 Å². The topological polar surface area (TPSA) is 0 Å². The van der Waals surface area contributed by atoms with Crippen LogP contribution in [0, 0.1) is 5.92 Å². The van der Waals surface area contributed by atoms with Crippen LogP contribution < -0.4 is 0 Å². The van der Waals surface area contributed by atoms with E-state index in [1.54, 1.807) is 0 Å². The summed E-state index contributed by atoms with van der Waals surface area (Å²) in [5.41, 5.74) is -2.53. The van der Waals surface area contributed by atoms with Crippen molar-refractivity contribution in [2.75, 3.05) is 0 Å². The summed E-state index contributed by atoms with van der Waals surface area (Å²) in [6, 6.07) is 0. The standard InChI is InChI=1S/C10H12F6/c1-6(2)4-8(10(14,15)16)5-7(3)9(11,12)13/h4-6H,1-3H3. The molecule has 0 saturated heterocycles. The second kappa shape index (κ2) is 4.93. The number of hydrogen-bond acceptors (Lipinski definition) is 0. The molecule has 0 spiro atoms. The zero-order valence-corrected chi connectivity index (χ0v) is 9.00. The Balaban J connectivity index is 5.27. The van der Waals surface area contributed by atoms with Gasteiger partial charge in [0.1, 0.15) is 0 Å². The average Bonchev–Trinajstić information content (AvgIpc) is 1.98. The molecule has 0 rings (SSSR count). The van der Waals surface area contributed by atoms with Crippen LogP contribution in [0.3, 0.4) is 0 Å². The second-order valence-corrected chi connectivity index (χ2v) is 3.69. The largest absolute Gasteiger partial charge is 0.416 e. The van der Waals surface area contributed by atoms with Crippen LogP contribution >= 0.6 is 0 Å². The summed E-state index contributed by atoms with van der Waals surface area (Å²) in [5, 5.41) is 0. The fraction of sp³-hybridized carbons (Fsp3) is 0.600. The second-order valence-electron chi connectivity index (χ2n) is 3.69. The summed E-state index contributed by atoms with van der Waals surface area (Å²) < 4.78 is 73.3. The molecule has 0 N–H and O–H groups in total. The number of rotatable bonds is 2. The van der Waals surface area contributed by atoms with Crippen LogP contribution in [-0.4, -0.2) is 12.4 Å². The van der Waals surface area contributed by atoms with Crippen LogP contribution in [0.15, 0.2) is 23.3 Å². The summed E-state index contributed by atoms with van der Waals surface area (Å²) in [6.45, 7) is 3.53. The predicted molar refractivity (Wildman–Crippen MR) is 48.8 cm³/mol. The first-order valence-electron chi connectivity index (χ1n) is 4.49. The monoisotopic (exact) mass is 246 g/mol. The lowest BCUT2D eigenvalue weighted by molar-refractivity contribution is -0.0955. The van der Waals surface area contributed by atoms with Gasteiger partial charge in [-0.3, -0.25) is 0 Å². The van der Waals surface area contributed by atoms with Crippen molar-refractivity contribution in [2.24, 2.45) is 5.92 Å². The van der Waals surface area contributed by atoms with E-state index < -0.39 is 29.4 Å². The van der Waals surface area contributed by atoms with Crippen LogP contribution in [0.1, 0.15) is 20.8 Å². The van der Waals surface area contributed by atoms with Gasteiger partial charge in [0.05, 0.1) is 5.57 Å². The lowest BCUT2D eigenvalue weighted by Crippen LogP contribution is -2.15. The van der Waals surface area contributed by atoms with Gasteiger partial charge in [0.2, 0.25) is 0 Å². The third-order valence-electron chi connectivity index (χ3n) is 1.66. The van der Waals surface area contributed by atoms with Gasteiger partial charge in [-0.15, -0.1) is 0 Å². The Morgan fingerprint density at radius 1 is 0.938 bits per heavy atom. The zero-order chi connectivity index (χ0) is 13.1. The third kappa shape index (κ3) is 5.23. The van der Waals surface area contributed by atoms with Gasteiger partial charge in [-0.2, -0.15) is 26.3 Å². The fourth-order valence-electron chi connectivity index (χ4n) is 0.899. The van der Waals surface area contributed by atoms with Crippen LogP contribution in [0.4, 0.5) is 26.3 Å². The molecule has 16 heavy (non-hydrogen) atoms. The average molecular weight is 246 g/mol. The van der Waals surface area contributed by atoms with Crippen LogP contribution in [0.25, 0.3) is 0 Å². The summed E-state index contributed by atoms with van der Waals surface area (Å²) in [5.74, 6) is -0.478. The van der Waals surface area contributed by atoms with Gasteiger partial charge in [0.25, 0.3) is 0 Å². The zero-order valence-electron chi connectivity index (χ0n) is 9.00.